The molecule has 12 heteroatoms. The van der Waals surface area contributed by atoms with Crippen molar-refractivity contribution in [1.82, 2.24) is 28.7 Å². The third kappa shape index (κ3) is 8.34. The lowest BCUT2D eigenvalue weighted by Crippen LogP contribution is -2.22. The molecule has 0 amide bonds. The Labute approximate surface area is 368 Å². The van der Waals surface area contributed by atoms with Gasteiger partial charge >= 0.3 is 0 Å². The zero-order valence-corrected chi connectivity index (χ0v) is 37.4. The van der Waals surface area contributed by atoms with Crippen molar-refractivity contribution in [2.75, 3.05) is 0 Å². The second-order valence-corrected chi connectivity index (χ2v) is 16.3. The SMILES string of the molecule is Cc1nc2ccccc2c(=O)n1-c1ccccc1I.Cc1nc2ccccc2c(=O)n1-c1ccccc1I.Cc1nc2ccccc2c(=O)n1-c1ccccc1I. The Hall–Kier alpha value is -5.07. The minimum atomic E-state index is -0.0211. The molecule has 9 nitrogen and oxygen atoms in total. The first-order valence-corrected chi connectivity index (χ1v) is 21.0. The Bertz CT molecular complexity index is 2810. The molecule has 3 aromatic heterocycles. The van der Waals surface area contributed by atoms with Crippen LogP contribution >= 0.6 is 67.8 Å². The van der Waals surface area contributed by atoms with Gasteiger partial charge in [-0.15, -0.1) is 0 Å². The highest BCUT2D eigenvalue weighted by atomic mass is 127. The molecule has 0 fully saturated rings. The maximum Gasteiger partial charge on any atom is 0.265 e. The average Bonchev–Trinajstić information content (AvgIpc) is 3.20. The van der Waals surface area contributed by atoms with Crippen LogP contribution in [0.25, 0.3) is 49.8 Å². The van der Waals surface area contributed by atoms with E-state index in [1.165, 1.54) is 0 Å². The highest BCUT2D eigenvalue weighted by Gasteiger charge is 2.14. The summed E-state index contributed by atoms with van der Waals surface area (Å²) in [4.78, 5) is 51.4. The summed E-state index contributed by atoms with van der Waals surface area (Å²) in [5.74, 6) is 2.11. The van der Waals surface area contributed by atoms with Crippen LogP contribution < -0.4 is 16.7 Å². The molecule has 6 aromatic carbocycles. The van der Waals surface area contributed by atoms with Crippen molar-refractivity contribution in [2.45, 2.75) is 20.8 Å². The first-order valence-electron chi connectivity index (χ1n) is 17.7. The van der Waals surface area contributed by atoms with Crippen LogP contribution in [-0.4, -0.2) is 28.7 Å². The molecule has 0 saturated heterocycles. The lowest BCUT2D eigenvalue weighted by atomic mass is 10.2. The maximum atomic E-state index is 12.6. The first-order chi connectivity index (χ1) is 27.5. The molecule has 9 rings (SSSR count). The number of benzene rings is 6. The number of aromatic nitrogens is 6. The molecular formula is C45H33I3N6O3. The predicted molar refractivity (Wildman–Crippen MR) is 254 cm³/mol. The topological polar surface area (TPSA) is 105 Å². The van der Waals surface area contributed by atoms with Gasteiger partial charge in [-0.2, -0.15) is 0 Å². The van der Waals surface area contributed by atoms with E-state index in [4.69, 9.17) is 0 Å². The summed E-state index contributed by atoms with van der Waals surface area (Å²) in [7, 11) is 0. The summed E-state index contributed by atoms with van der Waals surface area (Å²) in [6.07, 6.45) is 0. The van der Waals surface area contributed by atoms with Crippen molar-refractivity contribution in [1.29, 1.82) is 0 Å². The van der Waals surface area contributed by atoms with Gasteiger partial charge in [0.25, 0.3) is 16.7 Å². The van der Waals surface area contributed by atoms with E-state index in [1.54, 1.807) is 13.7 Å². The minimum absolute atomic E-state index is 0.0211. The Morgan fingerprint density at radius 1 is 0.351 bits per heavy atom. The van der Waals surface area contributed by atoms with E-state index >= 15 is 0 Å². The quantitative estimate of drug-likeness (QED) is 0.163. The number of fused-ring (bicyclic) bond motifs is 3. The summed E-state index contributed by atoms with van der Waals surface area (Å²) >= 11 is 6.70. The van der Waals surface area contributed by atoms with Crippen molar-refractivity contribution in [3.05, 3.63) is 205 Å². The van der Waals surface area contributed by atoms with Crippen molar-refractivity contribution < 1.29 is 0 Å². The molecule has 0 unspecified atom stereocenters. The molecule has 0 aliphatic rings. The second-order valence-electron chi connectivity index (χ2n) is 12.8. The van der Waals surface area contributed by atoms with E-state index in [0.29, 0.717) is 33.6 Å². The van der Waals surface area contributed by atoms with Crippen molar-refractivity contribution in [3.8, 4) is 17.1 Å². The van der Waals surface area contributed by atoms with E-state index in [2.05, 4.69) is 82.7 Å². The van der Waals surface area contributed by atoms with Crippen LogP contribution in [0.3, 0.4) is 0 Å². The summed E-state index contributed by atoms with van der Waals surface area (Å²) in [5, 5.41) is 1.94. The normalized spacial score (nSPS) is 10.8. The van der Waals surface area contributed by atoms with Gasteiger partial charge in [0, 0.05) is 10.7 Å². The molecule has 0 atom stereocenters. The van der Waals surface area contributed by atoms with Crippen LogP contribution in [0.5, 0.6) is 0 Å². The third-order valence-electron chi connectivity index (χ3n) is 9.11. The van der Waals surface area contributed by atoms with E-state index in [0.717, 1.165) is 44.3 Å². The molecule has 0 aliphatic carbocycles. The van der Waals surface area contributed by atoms with Gasteiger partial charge in [0.1, 0.15) is 17.5 Å². The number of hydrogen-bond donors (Lipinski definition) is 0. The van der Waals surface area contributed by atoms with Gasteiger partial charge in [-0.25, -0.2) is 15.0 Å². The molecule has 0 spiro atoms. The number of nitrogens with zero attached hydrogens (tertiary/aromatic N) is 6. The lowest BCUT2D eigenvalue weighted by molar-refractivity contribution is 0.890. The first kappa shape index (κ1) is 40.1. The highest BCUT2D eigenvalue weighted by molar-refractivity contribution is 14.1. The third-order valence-corrected chi connectivity index (χ3v) is 11.8. The number of aryl methyl sites for hydroxylation is 3. The van der Waals surface area contributed by atoms with E-state index < -0.39 is 0 Å². The van der Waals surface area contributed by atoms with E-state index in [1.807, 2.05) is 166 Å². The fraction of sp³-hybridized carbons (Fsp3) is 0.0667. The molecule has 0 aliphatic heterocycles. The molecule has 0 bridgehead atoms. The standard InChI is InChI=1S/3C15H11IN2O/c3*1-10-17-13-8-4-2-6-11(13)15(19)18(10)14-9-5-3-7-12(14)16/h3*2-9H,1H3. The molecule has 57 heavy (non-hydrogen) atoms. The van der Waals surface area contributed by atoms with Crippen LogP contribution in [0.15, 0.2) is 160 Å². The van der Waals surface area contributed by atoms with Gasteiger partial charge in [0.05, 0.1) is 49.8 Å². The predicted octanol–water partition coefficient (Wildman–Crippen LogP) is 9.90. The monoisotopic (exact) mass is 1090 g/mol. The molecule has 0 N–H and O–H groups in total. The van der Waals surface area contributed by atoms with Gasteiger partial charge < -0.3 is 0 Å². The Morgan fingerprint density at radius 2 is 0.579 bits per heavy atom. The average molecular weight is 1090 g/mol. The summed E-state index contributed by atoms with van der Waals surface area (Å²) in [6.45, 7) is 5.57. The van der Waals surface area contributed by atoms with Crippen LogP contribution in [0.1, 0.15) is 17.5 Å². The smallest absolute Gasteiger partial charge is 0.265 e. The zero-order valence-electron chi connectivity index (χ0n) is 30.9. The zero-order chi connectivity index (χ0) is 40.2. The number of para-hydroxylation sites is 6. The largest absolute Gasteiger partial charge is 0.268 e. The fourth-order valence-electron chi connectivity index (χ4n) is 6.48. The van der Waals surface area contributed by atoms with E-state index in [9.17, 15) is 14.4 Å². The summed E-state index contributed by atoms with van der Waals surface area (Å²) in [6, 6.07) is 45.7. The van der Waals surface area contributed by atoms with Gasteiger partial charge in [-0.1, -0.05) is 72.8 Å². The Balaban J connectivity index is 0.000000131. The Morgan fingerprint density at radius 3 is 0.842 bits per heavy atom. The van der Waals surface area contributed by atoms with Gasteiger partial charge in [-0.05, 0) is 161 Å². The molecule has 282 valence electrons. The maximum absolute atomic E-state index is 12.6. The minimum Gasteiger partial charge on any atom is -0.268 e. The molecule has 3 heterocycles. The highest BCUT2D eigenvalue weighted by Crippen LogP contribution is 2.20. The van der Waals surface area contributed by atoms with Crippen molar-refractivity contribution in [2.24, 2.45) is 0 Å². The molecule has 0 saturated carbocycles. The number of rotatable bonds is 3. The van der Waals surface area contributed by atoms with Crippen molar-refractivity contribution in [3.63, 3.8) is 0 Å². The summed E-state index contributed by atoms with van der Waals surface area (Å²) < 4.78 is 8.10. The fourth-order valence-corrected chi connectivity index (χ4v) is 8.37. The van der Waals surface area contributed by atoms with Crippen LogP contribution in [-0.2, 0) is 0 Å². The van der Waals surface area contributed by atoms with Crippen LogP contribution in [0.2, 0.25) is 0 Å². The number of hydrogen-bond acceptors (Lipinski definition) is 6. The second kappa shape index (κ2) is 17.6. The lowest BCUT2D eigenvalue weighted by Gasteiger charge is -2.12. The van der Waals surface area contributed by atoms with Gasteiger partial charge in [-0.3, -0.25) is 28.1 Å². The van der Waals surface area contributed by atoms with Crippen LogP contribution in [0.4, 0.5) is 0 Å². The molecule has 9 aromatic rings. The van der Waals surface area contributed by atoms with Gasteiger partial charge in [0.15, 0.2) is 0 Å². The molecule has 0 radical (unpaired) electrons. The van der Waals surface area contributed by atoms with Gasteiger partial charge in [0.2, 0.25) is 0 Å². The summed E-state index contributed by atoms with van der Waals surface area (Å²) in [5.41, 5.74) is 4.80. The van der Waals surface area contributed by atoms with E-state index in [-0.39, 0.29) is 16.7 Å². The van der Waals surface area contributed by atoms with Crippen molar-refractivity contribution >= 4 is 100 Å². The molecular weight excluding hydrogens is 1050 g/mol. The Kier molecular flexibility index (Phi) is 12.4. The number of halogens is 3. The van der Waals surface area contributed by atoms with Crippen LogP contribution in [0, 0.1) is 31.5 Å².